The van der Waals surface area contributed by atoms with Gasteiger partial charge in [-0.15, -0.1) is 0 Å². The van der Waals surface area contributed by atoms with Gasteiger partial charge >= 0.3 is 5.97 Å². The van der Waals surface area contributed by atoms with Crippen LogP contribution in [0.5, 0.6) is 5.75 Å². The van der Waals surface area contributed by atoms with Crippen molar-refractivity contribution in [2.75, 3.05) is 13.7 Å². The topological polar surface area (TPSA) is 35.5 Å². The van der Waals surface area contributed by atoms with E-state index in [9.17, 15) is 9.18 Å². The number of methoxy groups -OCH3 is 1. The van der Waals surface area contributed by atoms with Crippen LogP contribution in [0.3, 0.4) is 0 Å². The summed E-state index contributed by atoms with van der Waals surface area (Å²) in [4.78, 5) is 11.5. The SMILES string of the molecule is CCOC(=O)CC(C)c1cc(F)c2cc(OC)ccc2c1. The lowest BCUT2D eigenvalue weighted by molar-refractivity contribution is -0.143. The molecule has 2 aromatic rings. The molecule has 0 heterocycles. The fraction of sp³-hybridized carbons (Fsp3) is 0.353. The van der Waals surface area contributed by atoms with Gasteiger partial charge in [-0.05, 0) is 42.0 Å². The first kappa shape index (κ1) is 15.3. The quantitative estimate of drug-likeness (QED) is 0.779. The predicted octanol–water partition coefficient (Wildman–Crippen LogP) is 4.04. The Morgan fingerprint density at radius 1 is 1.29 bits per heavy atom. The van der Waals surface area contributed by atoms with Crippen LogP contribution in [0.4, 0.5) is 4.39 Å². The van der Waals surface area contributed by atoms with E-state index in [-0.39, 0.29) is 24.1 Å². The zero-order valence-electron chi connectivity index (χ0n) is 12.5. The zero-order valence-corrected chi connectivity index (χ0v) is 12.5. The Kier molecular flexibility index (Phi) is 4.78. The number of carbonyl (C=O) groups excluding carboxylic acids is 1. The average molecular weight is 290 g/mol. The Morgan fingerprint density at radius 2 is 2.05 bits per heavy atom. The molecule has 0 aliphatic heterocycles. The summed E-state index contributed by atoms with van der Waals surface area (Å²) in [5.74, 6) is -0.0453. The fourth-order valence-corrected chi connectivity index (χ4v) is 2.31. The lowest BCUT2D eigenvalue weighted by Gasteiger charge is -2.13. The lowest BCUT2D eigenvalue weighted by atomic mass is 9.95. The minimum absolute atomic E-state index is 0.0925. The molecule has 4 heteroatoms. The maximum absolute atomic E-state index is 14.2. The first-order valence-corrected chi connectivity index (χ1v) is 6.98. The maximum atomic E-state index is 14.2. The van der Waals surface area contributed by atoms with Crippen molar-refractivity contribution >= 4 is 16.7 Å². The molecule has 1 unspecified atom stereocenters. The molecule has 0 saturated heterocycles. The van der Waals surface area contributed by atoms with E-state index in [1.54, 1.807) is 26.2 Å². The van der Waals surface area contributed by atoms with E-state index in [4.69, 9.17) is 9.47 Å². The van der Waals surface area contributed by atoms with Crippen molar-refractivity contribution in [2.45, 2.75) is 26.2 Å². The monoisotopic (exact) mass is 290 g/mol. The number of halogens is 1. The second-order valence-electron chi connectivity index (χ2n) is 5.00. The third-order valence-corrected chi connectivity index (χ3v) is 3.48. The van der Waals surface area contributed by atoms with Gasteiger partial charge in [0.1, 0.15) is 11.6 Å². The van der Waals surface area contributed by atoms with Gasteiger partial charge in [0.15, 0.2) is 0 Å². The van der Waals surface area contributed by atoms with Crippen LogP contribution in [0, 0.1) is 5.82 Å². The van der Waals surface area contributed by atoms with Gasteiger partial charge in [-0.3, -0.25) is 4.79 Å². The largest absolute Gasteiger partial charge is 0.497 e. The third-order valence-electron chi connectivity index (χ3n) is 3.48. The minimum atomic E-state index is -0.308. The molecule has 0 aliphatic carbocycles. The number of esters is 1. The number of ether oxygens (including phenoxy) is 2. The molecule has 21 heavy (non-hydrogen) atoms. The van der Waals surface area contributed by atoms with Gasteiger partial charge in [0.25, 0.3) is 0 Å². The standard InChI is InChI=1S/C17H19FO3/c1-4-21-17(19)7-11(2)13-8-12-5-6-14(20-3)10-15(12)16(18)9-13/h5-6,8-11H,4,7H2,1-3H3. The maximum Gasteiger partial charge on any atom is 0.306 e. The average Bonchev–Trinajstić information content (AvgIpc) is 2.47. The van der Waals surface area contributed by atoms with Crippen molar-refractivity contribution in [3.63, 3.8) is 0 Å². The van der Waals surface area contributed by atoms with Crippen LogP contribution >= 0.6 is 0 Å². The van der Waals surface area contributed by atoms with E-state index in [2.05, 4.69) is 0 Å². The Labute approximate surface area is 123 Å². The van der Waals surface area contributed by atoms with Crippen molar-refractivity contribution in [1.29, 1.82) is 0 Å². The van der Waals surface area contributed by atoms with Crippen molar-refractivity contribution in [1.82, 2.24) is 0 Å². The van der Waals surface area contributed by atoms with Crippen LogP contribution in [0.15, 0.2) is 30.3 Å². The van der Waals surface area contributed by atoms with Crippen LogP contribution in [-0.2, 0) is 9.53 Å². The summed E-state index contributed by atoms with van der Waals surface area (Å²) in [6.45, 7) is 4.02. The lowest BCUT2D eigenvalue weighted by Crippen LogP contribution is -2.08. The highest BCUT2D eigenvalue weighted by molar-refractivity contribution is 5.85. The zero-order chi connectivity index (χ0) is 15.4. The van der Waals surface area contributed by atoms with Gasteiger partial charge < -0.3 is 9.47 Å². The molecule has 0 bridgehead atoms. The van der Waals surface area contributed by atoms with Gasteiger partial charge in [-0.2, -0.15) is 0 Å². The van der Waals surface area contributed by atoms with Crippen LogP contribution in [0.25, 0.3) is 10.8 Å². The molecule has 0 aromatic heterocycles. The second-order valence-corrected chi connectivity index (χ2v) is 5.00. The number of hydrogen-bond donors (Lipinski definition) is 0. The van der Waals surface area contributed by atoms with E-state index in [1.807, 2.05) is 19.1 Å². The number of fused-ring (bicyclic) bond motifs is 1. The molecule has 112 valence electrons. The predicted molar refractivity (Wildman–Crippen MR) is 80.1 cm³/mol. The van der Waals surface area contributed by atoms with Crippen LogP contribution < -0.4 is 4.74 Å². The molecule has 0 amide bonds. The summed E-state index contributed by atoms with van der Waals surface area (Å²) in [6.07, 6.45) is 0.245. The van der Waals surface area contributed by atoms with E-state index in [1.165, 1.54) is 6.07 Å². The molecule has 0 radical (unpaired) electrons. The molecule has 0 spiro atoms. The third kappa shape index (κ3) is 3.51. The number of carbonyl (C=O) groups is 1. The Bertz CT molecular complexity index is 652. The fourth-order valence-electron chi connectivity index (χ4n) is 2.31. The Balaban J connectivity index is 2.31. The van der Waals surface area contributed by atoms with Gasteiger partial charge in [0, 0.05) is 5.39 Å². The number of hydrogen-bond acceptors (Lipinski definition) is 3. The normalized spacial score (nSPS) is 12.2. The highest BCUT2D eigenvalue weighted by Crippen LogP contribution is 2.29. The summed E-state index contributed by atoms with van der Waals surface area (Å²) in [5, 5.41) is 1.31. The molecule has 3 nitrogen and oxygen atoms in total. The Morgan fingerprint density at radius 3 is 2.71 bits per heavy atom. The van der Waals surface area contributed by atoms with Gasteiger partial charge in [-0.1, -0.05) is 19.1 Å². The summed E-state index contributed by atoms with van der Waals surface area (Å²) >= 11 is 0. The first-order valence-electron chi connectivity index (χ1n) is 6.98. The van der Waals surface area contributed by atoms with Gasteiger partial charge in [0.05, 0.1) is 20.1 Å². The second kappa shape index (κ2) is 6.57. The van der Waals surface area contributed by atoms with Gasteiger partial charge in [-0.25, -0.2) is 4.39 Å². The van der Waals surface area contributed by atoms with Crippen LogP contribution in [0.2, 0.25) is 0 Å². The van der Waals surface area contributed by atoms with Crippen molar-refractivity contribution in [2.24, 2.45) is 0 Å². The van der Waals surface area contributed by atoms with E-state index in [0.717, 1.165) is 10.9 Å². The highest BCUT2D eigenvalue weighted by Gasteiger charge is 2.14. The summed E-state index contributed by atoms with van der Waals surface area (Å²) < 4.78 is 24.3. The number of benzene rings is 2. The van der Waals surface area contributed by atoms with Crippen molar-refractivity contribution < 1.29 is 18.7 Å². The van der Waals surface area contributed by atoms with Crippen molar-refractivity contribution in [3.05, 3.63) is 41.7 Å². The van der Waals surface area contributed by atoms with Crippen LogP contribution in [0.1, 0.15) is 31.7 Å². The summed E-state index contributed by atoms with van der Waals surface area (Å²) in [6, 6.07) is 8.66. The van der Waals surface area contributed by atoms with Crippen molar-refractivity contribution in [3.8, 4) is 5.75 Å². The highest BCUT2D eigenvalue weighted by atomic mass is 19.1. The molecule has 0 fully saturated rings. The summed E-state index contributed by atoms with van der Waals surface area (Å²) in [7, 11) is 1.55. The summed E-state index contributed by atoms with van der Waals surface area (Å²) in [5.41, 5.74) is 0.790. The first-order chi connectivity index (χ1) is 10.0. The molecule has 2 rings (SSSR count). The molecule has 0 N–H and O–H groups in total. The Hall–Kier alpha value is -2.10. The van der Waals surface area contributed by atoms with E-state index in [0.29, 0.717) is 17.7 Å². The molecule has 0 saturated carbocycles. The smallest absolute Gasteiger partial charge is 0.306 e. The molecular formula is C17H19FO3. The van der Waals surface area contributed by atoms with E-state index < -0.39 is 0 Å². The van der Waals surface area contributed by atoms with Gasteiger partial charge in [0.2, 0.25) is 0 Å². The molecule has 1 atom stereocenters. The molecule has 0 aliphatic rings. The molecular weight excluding hydrogens is 271 g/mol. The van der Waals surface area contributed by atoms with Crippen LogP contribution in [-0.4, -0.2) is 19.7 Å². The van der Waals surface area contributed by atoms with E-state index >= 15 is 0 Å². The molecule has 2 aromatic carbocycles. The number of rotatable bonds is 5. The minimum Gasteiger partial charge on any atom is -0.497 e.